The lowest BCUT2D eigenvalue weighted by Gasteiger charge is -2.31. The summed E-state index contributed by atoms with van der Waals surface area (Å²) in [4.78, 5) is 19.1. The molecule has 0 saturated carbocycles. The van der Waals surface area contributed by atoms with Gasteiger partial charge in [-0.3, -0.25) is 9.69 Å². The number of aromatic nitrogens is 5. The minimum atomic E-state index is -0.567. The van der Waals surface area contributed by atoms with Gasteiger partial charge in [0, 0.05) is 30.8 Å². The van der Waals surface area contributed by atoms with Crippen LogP contribution >= 0.6 is 11.6 Å². The molecule has 0 fully saturated rings. The molecule has 5 rings (SSSR count). The Bertz CT molecular complexity index is 1630. The van der Waals surface area contributed by atoms with E-state index in [9.17, 15) is 4.79 Å². The van der Waals surface area contributed by atoms with Gasteiger partial charge in [0.05, 0.1) is 18.7 Å². The van der Waals surface area contributed by atoms with Crippen LogP contribution in [0.2, 0.25) is 5.02 Å². The second kappa shape index (κ2) is 11.9. The summed E-state index contributed by atoms with van der Waals surface area (Å²) in [7, 11) is 1.64. The highest BCUT2D eigenvalue weighted by molar-refractivity contribution is 6.31. The maximum atomic E-state index is 13.8. The molecule has 39 heavy (non-hydrogen) atoms. The Labute approximate surface area is 232 Å². The van der Waals surface area contributed by atoms with Crippen LogP contribution in [0.1, 0.15) is 39.7 Å². The summed E-state index contributed by atoms with van der Waals surface area (Å²) < 4.78 is 7.03. The molecule has 1 N–H and O–H groups in total. The number of tetrazole rings is 1. The average Bonchev–Trinajstić information content (AvgIpc) is 3.38. The van der Waals surface area contributed by atoms with Crippen molar-refractivity contribution in [2.75, 3.05) is 13.7 Å². The number of pyridine rings is 1. The predicted molar refractivity (Wildman–Crippen MR) is 153 cm³/mol. The Hall–Kier alpha value is -3.85. The van der Waals surface area contributed by atoms with E-state index in [1.807, 2.05) is 55.5 Å². The minimum Gasteiger partial charge on any atom is -0.383 e. The minimum absolute atomic E-state index is 0.182. The number of nitrogens with zero attached hydrogens (tertiary/aromatic N) is 5. The lowest BCUT2D eigenvalue weighted by atomic mass is 9.99. The Morgan fingerprint density at radius 1 is 1.03 bits per heavy atom. The number of halogens is 1. The normalized spacial score (nSPS) is 12.3. The Kier molecular flexibility index (Phi) is 8.16. The molecule has 3 aromatic carbocycles. The van der Waals surface area contributed by atoms with Crippen LogP contribution in [0.5, 0.6) is 0 Å². The van der Waals surface area contributed by atoms with Crippen LogP contribution < -0.4 is 5.56 Å². The van der Waals surface area contributed by atoms with E-state index in [-0.39, 0.29) is 5.56 Å². The quantitative estimate of drug-likeness (QED) is 0.260. The van der Waals surface area contributed by atoms with Crippen molar-refractivity contribution in [3.05, 3.63) is 122 Å². The van der Waals surface area contributed by atoms with Crippen molar-refractivity contribution < 1.29 is 4.74 Å². The lowest BCUT2D eigenvalue weighted by Crippen LogP contribution is -2.35. The van der Waals surface area contributed by atoms with Crippen molar-refractivity contribution in [1.82, 2.24) is 30.1 Å². The molecule has 0 radical (unpaired) electrons. The largest absolute Gasteiger partial charge is 0.383 e. The zero-order valence-corrected chi connectivity index (χ0v) is 23.0. The van der Waals surface area contributed by atoms with Gasteiger partial charge in [0.2, 0.25) is 0 Å². The van der Waals surface area contributed by atoms with E-state index in [0.29, 0.717) is 42.7 Å². The van der Waals surface area contributed by atoms with Crippen molar-refractivity contribution in [2.24, 2.45) is 0 Å². The first kappa shape index (κ1) is 26.7. The lowest BCUT2D eigenvalue weighted by molar-refractivity contribution is 0.169. The molecule has 1 atom stereocenters. The fourth-order valence-electron chi connectivity index (χ4n) is 5.05. The van der Waals surface area contributed by atoms with Gasteiger partial charge in [0.25, 0.3) is 5.56 Å². The second-order valence-electron chi connectivity index (χ2n) is 9.74. The monoisotopic (exact) mass is 542 g/mol. The summed E-state index contributed by atoms with van der Waals surface area (Å²) in [5, 5.41) is 14.3. The van der Waals surface area contributed by atoms with Crippen LogP contribution in [-0.4, -0.2) is 43.8 Å². The third-order valence-corrected chi connectivity index (χ3v) is 7.22. The summed E-state index contributed by atoms with van der Waals surface area (Å²) in [6.07, 6.45) is 0. The number of aryl methyl sites for hydroxylation is 2. The molecule has 0 aliphatic rings. The van der Waals surface area contributed by atoms with Crippen LogP contribution in [0, 0.1) is 13.8 Å². The highest BCUT2D eigenvalue weighted by Crippen LogP contribution is 2.32. The van der Waals surface area contributed by atoms with Crippen LogP contribution in [0.15, 0.2) is 77.6 Å². The summed E-state index contributed by atoms with van der Waals surface area (Å²) in [5.74, 6) is 0.559. The van der Waals surface area contributed by atoms with Crippen molar-refractivity contribution >= 4 is 22.5 Å². The van der Waals surface area contributed by atoms with E-state index in [4.69, 9.17) is 16.3 Å². The standard InChI is InChI=1S/C30H31ClN6O2/c1-20-15-21(2)27-24(16-20)17-25(30(38)32-27)28(29-33-34-35-37(29)13-14-39-3)36(18-22-9-5-4-6-10-22)19-23-11-7-8-12-26(23)31/h4-12,15-17,28H,13-14,18-19H2,1-3H3,(H,32,38). The Morgan fingerprint density at radius 2 is 1.79 bits per heavy atom. The van der Waals surface area contributed by atoms with Gasteiger partial charge in [0.1, 0.15) is 6.04 Å². The van der Waals surface area contributed by atoms with Crippen LogP contribution in [-0.2, 0) is 24.4 Å². The van der Waals surface area contributed by atoms with E-state index < -0.39 is 6.04 Å². The third kappa shape index (κ3) is 5.93. The zero-order valence-electron chi connectivity index (χ0n) is 22.3. The molecule has 5 aromatic rings. The second-order valence-corrected chi connectivity index (χ2v) is 10.1. The van der Waals surface area contributed by atoms with Crippen molar-refractivity contribution in [2.45, 2.75) is 39.5 Å². The first-order valence-corrected chi connectivity index (χ1v) is 13.2. The van der Waals surface area contributed by atoms with E-state index in [0.717, 1.165) is 33.2 Å². The van der Waals surface area contributed by atoms with Gasteiger partial charge in [-0.25, -0.2) is 4.68 Å². The summed E-state index contributed by atoms with van der Waals surface area (Å²) in [6, 6.07) is 23.5. The molecule has 0 saturated heterocycles. The summed E-state index contributed by atoms with van der Waals surface area (Å²) >= 11 is 6.63. The van der Waals surface area contributed by atoms with Crippen molar-refractivity contribution in [1.29, 1.82) is 0 Å². The van der Waals surface area contributed by atoms with Crippen molar-refractivity contribution in [3.63, 3.8) is 0 Å². The average molecular weight is 543 g/mol. The summed E-state index contributed by atoms with van der Waals surface area (Å²) in [5.41, 5.74) is 5.38. The Morgan fingerprint density at radius 3 is 2.56 bits per heavy atom. The topological polar surface area (TPSA) is 88.9 Å². The van der Waals surface area contributed by atoms with Gasteiger partial charge in [-0.1, -0.05) is 71.8 Å². The first-order chi connectivity index (χ1) is 18.9. The number of rotatable bonds is 10. The fourth-order valence-corrected chi connectivity index (χ4v) is 5.25. The molecule has 0 spiro atoms. The molecule has 2 aromatic heterocycles. The third-order valence-electron chi connectivity index (χ3n) is 6.85. The van der Waals surface area contributed by atoms with Crippen LogP contribution in [0.4, 0.5) is 0 Å². The first-order valence-electron chi connectivity index (χ1n) is 12.8. The highest BCUT2D eigenvalue weighted by Gasteiger charge is 2.31. The maximum absolute atomic E-state index is 13.8. The molecular weight excluding hydrogens is 512 g/mol. The number of methoxy groups -OCH3 is 1. The van der Waals surface area contributed by atoms with Crippen molar-refractivity contribution in [3.8, 4) is 0 Å². The number of aromatic amines is 1. The van der Waals surface area contributed by atoms with Gasteiger partial charge in [-0.05, 0) is 64.5 Å². The van der Waals surface area contributed by atoms with Gasteiger partial charge in [-0.15, -0.1) is 5.10 Å². The molecule has 200 valence electrons. The smallest absolute Gasteiger partial charge is 0.253 e. The van der Waals surface area contributed by atoms with E-state index >= 15 is 0 Å². The predicted octanol–water partition coefficient (Wildman–Crippen LogP) is 5.22. The fraction of sp³-hybridized carbons (Fsp3) is 0.267. The molecule has 0 amide bonds. The van der Waals surface area contributed by atoms with Gasteiger partial charge < -0.3 is 9.72 Å². The van der Waals surface area contributed by atoms with E-state index in [1.165, 1.54) is 0 Å². The number of nitrogens with one attached hydrogen (secondary N) is 1. The molecule has 0 aliphatic carbocycles. The number of hydrogen-bond donors (Lipinski definition) is 1. The van der Waals surface area contributed by atoms with Crippen LogP contribution in [0.3, 0.4) is 0 Å². The van der Waals surface area contributed by atoms with Gasteiger partial charge >= 0.3 is 0 Å². The molecule has 2 heterocycles. The number of ether oxygens (including phenoxy) is 1. The molecule has 8 nitrogen and oxygen atoms in total. The van der Waals surface area contributed by atoms with Gasteiger partial charge in [0.15, 0.2) is 5.82 Å². The zero-order chi connectivity index (χ0) is 27.4. The molecule has 0 bridgehead atoms. The Balaban J connectivity index is 1.72. The van der Waals surface area contributed by atoms with E-state index in [2.05, 4.69) is 56.6 Å². The molecular formula is C30H31ClN6O2. The molecule has 1 unspecified atom stereocenters. The molecule has 9 heteroatoms. The summed E-state index contributed by atoms with van der Waals surface area (Å²) in [6.45, 7) is 5.95. The highest BCUT2D eigenvalue weighted by atomic mass is 35.5. The van der Waals surface area contributed by atoms with Crippen LogP contribution in [0.25, 0.3) is 10.9 Å². The SMILES string of the molecule is COCCn1nnnc1C(c1cc2cc(C)cc(C)c2[nH]c1=O)N(Cc1ccccc1)Cc1ccccc1Cl. The number of hydrogen-bond acceptors (Lipinski definition) is 6. The number of benzene rings is 3. The number of fused-ring (bicyclic) bond motifs is 1. The number of H-pyrrole nitrogens is 1. The maximum Gasteiger partial charge on any atom is 0.253 e. The molecule has 0 aliphatic heterocycles. The van der Waals surface area contributed by atoms with Gasteiger partial charge in [-0.2, -0.15) is 0 Å². The van der Waals surface area contributed by atoms with E-state index in [1.54, 1.807) is 11.8 Å².